The maximum absolute atomic E-state index is 11.2. The van der Waals surface area contributed by atoms with Gasteiger partial charge in [-0.2, -0.15) is 5.26 Å². The lowest BCUT2D eigenvalue weighted by Gasteiger charge is -2.07. The summed E-state index contributed by atoms with van der Waals surface area (Å²) in [4.78, 5) is 19.2. The van der Waals surface area contributed by atoms with Crippen molar-refractivity contribution in [2.75, 3.05) is 12.4 Å². The molecule has 0 fully saturated rings. The Bertz CT molecular complexity index is 680. The van der Waals surface area contributed by atoms with E-state index in [4.69, 9.17) is 16.9 Å². The highest BCUT2D eigenvalue weighted by Crippen LogP contribution is 2.23. The lowest BCUT2D eigenvalue weighted by molar-refractivity contribution is 0.0593. The van der Waals surface area contributed by atoms with Gasteiger partial charge in [-0.3, -0.25) is 0 Å². The number of halogens is 1. The number of rotatable bonds is 3. The molecule has 7 heteroatoms. The molecule has 1 aromatic heterocycles. The normalized spacial score (nSPS) is 9.65. The Kier molecular flexibility index (Phi) is 4.13. The van der Waals surface area contributed by atoms with Gasteiger partial charge in [0, 0.05) is 5.02 Å². The highest BCUT2D eigenvalue weighted by atomic mass is 35.5. The van der Waals surface area contributed by atoms with Crippen LogP contribution in [-0.2, 0) is 4.74 Å². The molecule has 0 bridgehead atoms. The predicted molar refractivity (Wildman–Crippen MR) is 72.8 cm³/mol. The molecule has 1 N–H and O–H groups in total. The largest absolute Gasteiger partial charge is 0.464 e. The van der Waals surface area contributed by atoms with Gasteiger partial charge in [0.2, 0.25) is 0 Å². The van der Waals surface area contributed by atoms with Crippen LogP contribution < -0.4 is 5.32 Å². The van der Waals surface area contributed by atoms with Crippen LogP contribution in [0.4, 0.5) is 11.5 Å². The third kappa shape index (κ3) is 3.02. The number of esters is 1. The van der Waals surface area contributed by atoms with Gasteiger partial charge in [0.15, 0.2) is 5.69 Å². The Morgan fingerprint density at radius 2 is 2.20 bits per heavy atom. The summed E-state index contributed by atoms with van der Waals surface area (Å²) in [6, 6.07) is 6.87. The maximum atomic E-state index is 11.2. The predicted octanol–water partition coefficient (Wildman–Crippen LogP) is 2.53. The molecule has 0 atom stereocenters. The third-order valence-corrected chi connectivity index (χ3v) is 2.65. The van der Waals surface area contributed by atoms with E-state index in [1.165, 1.54) is 19.5 Å². The molecule has 100 valence electrons. The molecule has 0 aliphatic carbocycles. The maximum Gasteiger partial charge on any atom is 0.358 e. The van der Waals surface area contributed by atoms with Crippen LogP contribution in [0.15, 0.2) is 30.6 Å². The van der Waals surface area contributed by atoms with Crippen molar-refractivity contribution >= 4 is 29.1 Å². The number of nitriles is 1. The summed E-state index contributed by atoms with van der Waals surface area (Å²) in [6.07, 6.45) is 2.65. The fourth-order valence-corrected chi connectivity index (χ4v) is 1.63. The number of anilines is 2. The van der Waals surface area contributed by atoms with Gasteiger partial charge in [-0.15, -0.1) is 0 Å². The number of carbonyl (C=O) groups excluding carboxylic acids is 1. The van der Waals surface area contributed by atoms with Gasteiger partial charge >= 0.3 is 5.97 Å². The standard InChI is InChI=1S/C13H9ClN4O2/c1-20-13(19)11-6-17-12(7-16-11)18-10-4-9(14)3-2-8(10)5-15/h2-4,6-7H,1H3,(H,17,18). The van der Waals surface area contributed by atoms with Crippen molar-refractivity contribution in [3.05, 3.63) is 46.9 Å². The van der Waals surface area contributed by atoms with E-state index in [0.717, 1.165) is 0 Å². The van der Waals surface area contributed by atoms with Crippen molar-refractivity contribution in [2.45, 2.75) is 0 Å². The van der Waals surface area contributed by atoms with Gasteiger partial charge in [0.1, 0.15) is 11.9 Å². The lowest BCUT2D eigenvalue weighted by Crippen LogP contribution is -2.06. The van der Waals surface area contributed by atoms with E-state index >= 15 is 0 Å². The highest BCUT2D eigenvalue weighted by Gasteiger charge is 2.08. The second-order valence-corrected chi connectivity index (χ2v) is 4.14. The summed E-state index contributed by atoms with van der Waals surface area (Å²) in [5, 5.41) is 12.4. The van der Waals surface area contributed by atoms with Crippen LogP contribution in [0.1, 0.15) is 16.1 Å². The zero-order valence-electron chi connectivity index (χ0n) is 10.4. The minimum atomic E-state index is -0.565. The zero-order chi connectivity index (χ0) is 14.5. The average Bonchev–Trinajstić information content (AvgIpc) is 2.47. The first-order valence-corrected chi connectivity index (χ1v) is 5.89. The fraction of sp³-hybridized carbons (Fsp3) is 0.0769. The fourth-order valence-electron chi connectivity index (χ4n) is 1.46. The molecule has 1 aromatic carbocycles. The Morgan fingerprint density at radius 3 is 2.80 bits per heavy atom. The lowest BCUT2D eigenvalue weighted by atomic mass is 10.2. The quantitative estimate of drug-likeness (QED) is 0.873. The van der Waals surface area contributed by atoms with Crippen molar-refractivity contribution in [1.82, 2.24) is 9.97 Å². The smallest absolute Gasteiger partial charge is 0.358 e. The van der Waals surface area contributed by atoms with E-state index in [2.05, 4.69) is 20.0 Å². The summed E-state index contributed by atoms with van der Waals surface area (Å²) in [5.74, 6) is -0.180. The second-order valence-electron chi connectivity index (χ2n) is 3.71. The molecular formula is C13H9ClN4O2. The summed E-state index contributed by atoms with van der Waals surface area (Å²) < 4.78 is 4.52. The molecule has 0 radical (unpaired) electrons. The van der Waals surface area contributed by atoms with Gasteiger partial charge < -0.3 is 10.1 Å². The monoisotopic (exact) mass is 288 g/mol. The van der Waals surface area contributed by atoms with E-state index in [0.29, 0.717) is 22.1 Å². The van der Waals surface area contributed by atoms with Crippen LogP contribution in [0.2, 0.25) is 5.02 Å². The van der Waals surface area contributed by atoms with Crippen LogP contribution in [-0.4, -0.2) is 23.0 Å². The van der Waals surface area contributed by atoms with Gasteiger partial charge in [-0.25, -0.2) is 14.8 Å². The Labute approximate surface area is 120 Å². The van der Waals surface area contributed by atoms with Crippen molar-refractivity contribution in [2.24, 2.45) is 0 Å². The number of ether oxygens (including phenoxy) is 1. The molecule has 2 aromatic rings. The van der Waals surface area contributed by atoms with Crippen LogP contribution in [0.3, 0.4) is 0 Å². The van der Waals surface area contributed by atoms with Gasteiger partial charge in [-0.1, -0.05) is 11.6 Å². The van der Waals surface area contributed by atoms with Gasteiger partial charge in [-0.05, 0) is 18.2 Å². The first-order chi connectivity index (χ1) is 9.63. The van der Waals surface area contributed by atoms with Gasteiger partial charge in [0.25, 0.3) is 0 Å². The molecule has 20 heavy (non-hydrogen) atoms. The Hall–Kier alpha value is -2.65. The van der Waals surface area contributed by atoms with Crippen LogP contribution >= 0.6 is 11.6 Å². The summed E-state index contributed by atoms with van der Waals surface area (Å²) >= 11 is 5.88. The SMILES string of the molecule is COC(=O)c1cnc(Nc2cc(Cl)ccc2C#N)cn1. The van der Waals surface area contributed by atoms with Crippen molar-refractivity contribution in [1.29, 1.82) is 5.26 Å². The summed E-state index contributed by atoms with van der Waals surface area (Å²) in [6.45, 7) is 0. The number of carbonyl (C=O) groups is 1. The average molecular weight is 289 g/mol. The number of nitrogens with one attached hydrogen (secondary N) is 1. The molecule has 0 saturated heterocycles. The van der Waals surface area contributed by atoms with Gasteiger partial charge in [0.05, 0.1) is 30.8 Å². The minimum absolute atomic E-state index is 0.102. The van der Waals surface area contributed by atoms with Crippen molar-refractivity contribution in [3.63, 3.8) is 0 Å². The van der Waals surface area contributed by atoms with Crippen molar-refractivity contribution in [3.8, 4) is 6.07 Å². The van der Waals surface area contributed by atoms with E-state index in [9.17, 15) is 4.79 Å². The van der Waals surface area contributed by atoms with Crippen LogP contribution in [0.5, 0.6) is 0 Å². The zero-order valence-corrected chi connectivity index (χ0v) is 11.2. The topological polar surface area (TPSA) is 87.9 Å². The molecule has 0 unspecified atom stereocenters. The molecular weight excluding hydrogens is 280 g/mol. The highest BCUT2D eigenvalue weighted by molar-refractivity contribution is 6.30. The molecule has 0 amide bonds. The van der Waals surface area contributed by atoms with E-state index in [-0.39, 0.29) is 5.69 Å². The molecule has 0 aliphatic rings. The first-order valence-electron chi connectivity index (χ1n) is 5.51. The number of methoxy groups -OCH3 is 1. The number of hydrogen-bond donors (Lipinski definition) is 1. The molecule has 0 saturated carbocycles. The van der Waals surface area contributed by atoms with E-state index < -0.39 is 5.97 Å². The minimum Gasteiger partial charge on any atom is -0.464 e. The van der Waals surface area contributed by atoms with E-state index in [1.807, 2.05) is 6.07 Å². The number of hydrogen-bond acceptors (Lipinski definition) is 6. The molecule has 0 spiro atoms. The number of benzene rings is 1. The molecule has 0 aliphatic heterocycles. The third-order valence-electron chi connectivity index (χ3n) is 2.41. The van der Waals surface area contributed by atoms with Crippen molar-refractivity contribution < 1.29 is 9.53 Å². The molecule has 1 heterocycles. The van der Waals surface area contributed by atoms with E-state index in [1.54, 1.807) is 18.2 Å². The Balaban J connectivity index is 2.25. The van der Waals surface area contributed by atoms with Crippen LogP contribution in [0.25, 0.3) is 0 Å². The second kappa shape index (κ2) is 5.99. The molecule has 6 nitrogen and oxygen atoms in total. The number of nitrogens with zero attached hydrogens (tertiary/aromatic N) is 3. The summed E-state index contributed by atoms with van der Waals surface area (Å²) in [5.41, 5.74) is 1.04. The first kappa shape index (κ1) is 13.8. The number of aromatic nitrogens is 2. The Morgan fingerprint density at radius 1 is 1.40 bits per heavy atom. The molecule has 2 rings (SSSR count). The summed E-state index contributed by atoms with van der Waals surface area (Å²) in [7, 11) is 1.27. The van der Waals surface area contributed by atoms with Crippen LogP contribution in [0, 0.1) is 11.3 Å².